The molecule has 0 saturated heterocycles. The lowest BCUT2D eigenvalue weighted by Crippen LogP contribution is -2.34. The zero-order valence-electron chi connectivity index (χ0n) is 12.0. The van der Waals surface area contributed by atoms with Gasteiger partial charge in [-0.15, -0.1) is 0 Å². The van der Waals surface area contributed by atoms with Crippen LogP contribution in [0.3, 0.4) is 0 Å². The molecule has 1 N–H and O–H groups in total. The number of likely N-dealkylation sites (N-methyl/N-ethyl adjacent to an activating group) is 1. The molecule has 0 bridgehead atoms. The third-order valence-corrected chi connectivity index (χ3v) is 5.57. The van der Waals surface area contributed by atoms with Crippen LogP contribution in [0.25, 0.3) is 0 Å². The molecule has 112 valence electrons. The van der Waals surface area contributed by atoms with Crippen molar-refractivity contribution in [2.75, 3.05) is 12.3 Å². The average molecular weight is 316 g/mol. The predicted molar refractivity (Wildman–Crippen MR) is 87.3 cm³/mol. The van der Waals surface area contributed by atoms with Crippen molar-refractivity contribution in [2.45, 2.75) is 50.3 Å². The average Bonchev–Trinajstić information content (AvgIpc) is 2.93. The molecule has 1 aromatic rings. The van der Waals surface area contributed by atoms with Crippen LogP contribution in [0.2, 0.25) is 5.02 Å². The Bertz CT molecular complexity index is 421. The highest BCUT2D eigenvalue weighted by Gasteiger charge is 2.18. The number of nitrogens with one attached hydrogen (secondary N) is 1. The van der Waals surface area contributed by atoms with Crippen LogP contribution < -0.4 is 5.32 Å². The van der Waals surface area contributed by atoms with Crippen LogP contribution in [0.4, 0.5) is 4.39 Å². The Labute approximate surface area is 130 Å². The molecule has 1 unspecified atom stereocenters. The second kappa shape index (κ2) is 8.26. The summed E-state index contributed by atoms with van der Waals surface area (Å²) in [6, 6.07) is 5.14. The van der Waals surface area contributed by atoms with Crippen LogP contribution in [0.15, 0.2) is 18.2 Å². The Morgan fingerprint density at radius 1 is 1.40 bits per heavy atom. The van der Waals surface area contributed by atoms with Crippen LogP contribution in [0.1, 0.15) is 38.2 Å². The first kappa shape index (κ1) is 16.1. The molecule has 1 aromatic carbocycles. The van der Waals surface area contributed by atoms with Crippen molar-refractivity contribution in [1.29, 1.82) is 0 Å². The lowest BCUT2D eigenvalue weighted by Gasteiger charge is -2.20. The minimum atomic E-state index is -0.150. The number of hydrogen-bond acceptors (Lipinski definition) is 2. The van der Waals surface area contributed by atoms with Gasteiger partial charge in [-0.2, -0.15) is 11.8 Å². The summed E-state index contributed by atoms with van der Waals surface area (Å²) in [6.45, 7) is 3.01. The van der Waals surface area contributed by atoms with Gasteiger partial charge in [-0.3, -0.25) is 0 Å². The van der Waals surface area contributed by atoms with Crippen LogP contribution in [0, 0.1) is 5.82 Å². The first-order chi connectivity index (χ1) is 9.69. The van der Waals surface area contributed by atoms with E-state index < -0.39 is 0 Å². The van der Waals surface area contributed by atoms with E-state index >= 15 is 0 Å². The van der Waals surface area contributed by atoms with Crippen molar-refractivity contribution in [3.63, 3.8) is 0 Å². The van der Waals surface area contributed by atoms with Gasteiger partial charge in [0.1, 0.15) is 5.82 Å². The van der Waals surface area contributed by atoms with Gasteiger partial charge >= 0.3 is 0 Å². The van der Waals surface area contributed by atoms with Crippen molar-refractivity contribution in [3.05, 3.63) is 34.6 Å². The van der Waals surface area contributed by atoms with E-state index in [0.717, 1.165) is 23.1 Å². The molecule has 2 rings (SSSR count). The number of hydrogen-bond donors (Lipinski definition) is 1. The zero-order valence-corrected chi connectivity index (χ0v) is 13.6. The first-order valence-corrected chi connectivity index (χ1v) is 8.90. The highest BCUT2D eigenvalue weighted by molar-refractivity contribution is 7.99. The van der Waals surface area contributed by atoms with E-state index in [0.29, 0.717) is 17.5 Å². The Kier molecular flexibility index (Phi) is 6.66. The van der Waals surface area contributed by atoms with Gasteiger partial charge in [0.15, 0.2) is 0 Å². The highest BCUT2D eigenvalue weighted by Crippen LogP contribution is 2.30. The Hall–Kier alpha value is -0.250. The van der Waals surface area contributed by atoms with Crippen molar-refractivity contribution >= 4 is 23.4 Å². The number of thioether (sulfide) groups is 1. The van der Waals surface area contributed by atoms with Gasteiger partial charge < -0.3 is 5.32 Å². The van der Waals surface area contributed by atoms with Gasteiger partial charge in [0.25, 0.3) is 0 Å². The fourth-order valence-corrected chi connectivity index (χ4v) is 4.35. The summed E-state index contributed by atoms with van der Waals surface area (Å²) < 4.78 is 13.8. The number of rotatable bonds is 7. The van der Waals surface area contributed by atoms with E-state index in [9.17, 15) is 4.39 Å². The zero-order chi connectivity index (χ0) is 14.4. The van der Waals surface area contributed by atoms with Gasteiger partial charge in [0, 0.05) is 22.1 Å². The van der Waals surface area contributed by atoms with Crippen molar-refractivity contribution < 1.29 is 4.39 Å². The molecule has 1 saturated carbocycles. The minimum Gasteiger partial charge on any atom is -0.313 e. The van der Waals surface area contributed by atoms with E-state index in [1.165, 1.54) is 31.7 Å². The lowest BCUT2D eigenvalue weighted by atomic mass is 10.1. The fourth-order valence-electron chi connectivity index (χ4n) is 2.75. The van der Waals surface area contributed by atoms with Gasteiger partial charge in [0.05, 0.1) is 0 Å². The summed E-state index contributed by atoms with van der Waals surface area (Å²) in [6.07, 6.45) is 6.13. The molecule has 0 aromatic heterocycles. The normalized spacial score (nSPS) is 17.6. The topological polar surface area (TPSA) is 12.0 Å². The van der Waals surface area contributed by atoms with E-state index in [2.05, 4.69) is 12.2 Å². The molecule has 0 spiro atoms. The Morgan fingerprint density at radius 3 is 2.85 bits per heavy atom. The summed E-state index contributed by atoms with van der Waals surface area (Å²) >= 11 is 8.01. The molecule has 0 aliphatic heterocycles. The molecular weight excluding hydrogens is 293 g/mol. The Morgan fingerprint density at radius 2 is 2.15 bits per heavy atom. The van der Waals surface area contributed by atoms with Crippen LogP contribution in [-0.4, -0.2) is 23.6 Å². The molecule has 1 fully saturated rings. The summed E-state index contributed by atoms with van der Waals surface area (Å²) in [7, 11) is 0. The number of halogens is 2. The SMILES string of the molecule is CCNC(CSC1CCCC1)Cc1cc(Cl)ccc1F. The standard InChI is InChI=1S/C16H23ClFNS/c1-2-19-14(11-20-15-5-3-4-6-15)10-12-9-13(17)7-8-16(12)18/h7-9,14-15,19H,2-6,10-11H2,1H3. The highest BCUT2D eigenvalue weighted by atomic mass is 35.5. The quantitative estimate of drug-likeness (QED) is 0.784. The molecule has 1 aliphatic rings. The second-order valence-corrected chi connectivity index (χ2v) is 7.20. The molecule has 1 atom stereocenters. The summed E-state index contributed by atoms with van der Waals surface area (Å²) in [5, 5.41) is 4.89. The van der Waals surface area contributed by atoms with Crippen LogP contribution >= 0.6 is 23.4 Å². The third kappa shape index (κ3) is 4.94. The van der Waals surface area contributed by atoms with Gasteiger partial charge in [-0.05, 0) is 49.6 Å². The fraction of sp³-hybridized carbons (Fsp3) is 0.625. The molecule has 4 heteroatoms. The maximum absolute atomic E-state index is 13.8. The summed E-state index contributed by atoms with van der Waals surface area (Å²) in [4.78, 5) is 0. The van der Waals surface area contributed by atoms with E-state index in [1.54, 1.807) is 12.1 Å². The van der Waals surface area contributed by atoms with E-state index in [-0.39, 0.29) is 5.82 Å². The van der Waals surface area contributed by atoms with Crippen LogP contribution in [-0.2, 0) is 6.42 Å². The molecule has 0 radical (unpaired) electrons. The van der Waals surface area contributed by atoms with Gasteiger partial charge in [-0.25, -0.2) is 4.39 Å². The largest absolute Gasteiger partial charge is 0.313 e. The van der Waals surface area contributed by atoms with Gasteiger partial charge in [0.2, 0.25) is 0 Å². The van der Waals surface area contributed by atoms with Crippen LogP contribution in [0.5, 0.6) is 0 Å². The van der Waals surface area contributed by atoms with E-state index in [4.69, 9.17) is 11.6 Å². The maximum Gasteiger partial charge on any atom is 0.126 e. The smallest absolute Gasteiger partial charge is 0.126 e. The molecular formula is C16H23ClFNS. The minimum absolute atomic E-state index is 0.150. The monoisotopic (exact) mass is 315 g/mol. The third-order valence-electron chi connectivity index (χ3n) is 3.80. The summed E-state index contributed by atoms with van der Waals surface area (Å²) in [5.41, 5.74) is 0.718. The Balaban J connectivity index is 1.91. The van der Waals surface area contributed by atoms with Crippen molar-refractivity contribution in [1.82, 2.24) is 5.32 Å². The molecule has 0 amide bonds. The van der Waals surface area contributed by atoms with Gasteiger partial charge in [-0.1, -0.05) is 31.4 Å². The maximum atomic E-state index is 13.8. The number of benzene rings is 1. The van der Waals surface area contributed by atoms with Crippen molar-refractivity contribution in [2.24, 2.45) is 0 Å². The second-order valence-electron chi connectivity index (χ2n) is 5.43. The predicted octanol–water partition coefficient (Wildman–Crippen LogP) is 4.68. The first-order valence-electron chi connectivity index (χ1n) is 7.48. The van der Waals surface area contributed by atoms with Crippen molar-refractivity contribution in [3.8, 4) is 0 Å². The lowest BCUT2D eigenvalue weighted by molar-refractivity contribution is 0.545. The molecule has 1 aliphatic carbocycles. The van der Waals surface area contributed by atoms with E-state index in [1.807, 2.05) is 11.8 Å². The molecule has 20 heavy (non-hydrogen) atoms. The summed E-state index contributed by atoms with van der Waals surface area (Å²) in [5.74, 6) is 0.896. The molecule has 0 heterocycles. The molecule has 1 nitrogen and oxygen atoms in total.